The average Bonchev–Trinajstić information content (AvgIpc) is 2.61. The van der Waals surface area contributed by atoms with Gasteiger partial charge in [0.15, 0.2) is 18.0 Å². The van der Waals surface area contributed by atoms with Crippen LogP contribution >= 0.6 is 0 Å². The highest BCUT2D eigenvalue weighted by Crippen LogP contribution is 2.16. The lowest BCUT2D eigenvalue weighted by molar-refractivity contribution is -0.162. The van der Waals surface area contributed by atoms with E-state index in [4.69, 9.17) is 4.74 Å². The summed E-state index contributed by atoms with van der Waals surface area (Å²) in [6, 6.07) is 14.7. The summed E-state index contributed by atoms with van der Waals surface area (Å²) in [5, 5.41) is 12.5. The number of aliphatic hydroxyl groups is 1. The van der Waals surface area contributed by atoms with Gasteiger partial charge < -0.3 is 15.2 Å². The van der Waals surface area contributed by atoms with Crippen molar-refractivity contribution in [2.45, 2.75) is 26.1 Å². The third kappa shape index (κ3) is 4.99. The van der Waals surface area contributed by atoms with Crippen molar-refractivity contribution in [3.63, 3.8) is 0 Å². The minimum absolute atomic E-state index is 0.124. The molecular formula is C19H19NO5. The number of amides is 1. The van der Waals surface area contributed by atoms with E-state index in [0.717, 1.165) is 0 Å². The van der Waals surface area contributed by atoms with Crippen LogP contribution in [0.3, 0.4) is 0 Å². The second kappa shape index (κ2) is 8.21. The van der Waals surface area contributed by atoms with Crippen molar-refractivity contribution in [1.29, 1.82) is 0 Å². The van der Waals surface area contributed by atoms with Gasteiger partial charge in [-0.05, 0) is 31.5 Å². The third-order valence-electron chi connectivity index (χ3n) is 3.54. The van der Waals surface area contributed by atoms with Gasteiger partial charge in [-0.25, -0.2) is 4.79 Å². The van der Waals surface area contributed by atoms with Gasteiger partial charge in [-0.15, -0.1) is 0 Å². The van der Waals surface area contributed by atoms with Crippen molar-refractivity contribution < 1.29 is 24.2 Å². The monoisotopic (exact) mass is 341 g/mol. The summed E-state index contributed by atoms with van der Waals surface area (Å²) in [7, 11) is 0. The van der Waals surface area contributed by atoms with E-state index in [1.807, 2.05) is 0 Å². The van der Waals surface area contributed by atoms with E-state index in [-0.39, 0.29) is 5.78 Å². The Balaban J connectivity index is 1.97. The Hall–Kier alpha value is -2.99. The molecule has 1 amide bonds. The van der Waals surface area contributed by atoms with E-state index in [9.17, 15) is 19.5 Å². The molecule has 0 aliphatic heterocycles. The summed E-state index contributed by atoms with van der Waals surface area (Å²) in [6.07, 6.45) is -2.57. The molecule has 2 aromatic rings. The number of rotatable bonds is 6. The van der Waals surface area contributed by atoms with Gasteiger partial charge >= 0.3 is 5.97 Å². The van der Waals surface area contributed by atoms with Gasteiger partial charge in [0.2, 0.25) is 0 Å². The second-order valence-electron chi connectivity index (χ2n) is 5.52. The van der Waals surface area contributed by atoms with Gasteiger partial charge in [0, 0.05) is 11.3 Å². The molecule has 2 N–H and O–H groups in total. The zero-order valence-corrected chi connectivity index (χ0v) is 13.9. The molecule has 0 saturated heterocycles. The Labute approximate surface area is 145 Å². The maximum atomic E-state index is 12.1. The van der Waals surface area contributed by atoms with Crippen LogP contribution in [0.25, 0.3) is 0 Å². The van der Waals surface area contributed by atoms with Crippen LogP contribution in [-0.4, -0.2) is 28.9 Å². The zero-order chi connectivity index (χ0) is 18.4. The third-order valence-corrected chi connectivity index (χ3v) is 3.54. The van der Waals surface area contributed by atoms with Crippen molar-refractivity contribution in [3.8, 4) is 0 Å². The molecule has 0 aliphatic rings. The van der Waals surface area contributed by atoms with Gasteiger partial charge in [0.05, 0.1) is 0 Å². The Kier molecular flexibility index (Phi) is 6.03. The maximum absolute atomic E-state index is 12.1. The minimum Gasteiger partial charge on any atom is -0.450 e. The summed E-state index contributed by atoms with van der Waals surface area (Å²) in [4.78, 5) is 35.5. The van der Waals surface area contributed by atoms with Crippen LogP contribution in [0.15, 0.2) is 54.6 Å². The summed E-state index contributed by atoms with van der Waals surface area (Å²) in [5.74, 6) is -1.60. The Morgan fingerprint density at radius 2 is 1.72 bits per heavy atom. The first-order chi connectivity index (χ1) is 11.9. The highest BCUT2D eigenvalue weighted by Gasteiger charge is 2.24. The molecule has 2 aromatic carbocycles. The van der Waals surface area contributed by atoms with Gasteiger partial charge in [0.25, 0.3) is 5.91 Å². The average molecular weight is 341 g/mol. The molecule has 0 heterocycles. The summed E-state index contributed by atoms with van der Waals surface area (Å²) < 4.78 is 5.01. The molecule has 2 atom stereocenters. The first-order valence-corrected chi connectivity index (χ1v) is 7.74. The van der Waals surface area contributed by atoms with Crippen LogP contribution in [0.5, 0.6) is 0 Å². The zero-order valence-electron chi connectivity index (χ0n) is 13.9. The van der Waals surface area contributed by atoms with Crippen LogP contribution in [-0.2, 0) is 14.3 Å². The van der Waals surface area contributed by atoms with E-state index < -0.39 is 24.1 Å². The number of aliphatic hydroxyl groups excluding tert-OH is 1. The molecule has 130 valence electrons. The van der Waals surface area contributed by atoms with Crippen LogP contribution in [0.4, 0.5) is 5.69 Å². The molecule has 0 bridgehead atoms. The number of ketones is 1. The van der Waals surface area contributed by atoms with Crippen molar-refractivity contribution in [1.82, 2.24) is 0 Å². The lowest BCUT2D eigenvalue weighted by atomic mass is 10.1. The highest BCUT2D eigenvalue weighted by molar-refractivity contribution is 5.98. The van der Waals surface area contributed by atoms with E-state index in [1.165, 1.54) is 19.9 Å². The molecule has 25 heavy (non-hydrogen) atoms. The summed E-state index contributed by atoms with van der Waals surface area (Å²) in [5.41, 5.74) is 1.26. The lowest BCUT2D eigenvalue weighted by Crippen LogP contribution is -2.31. The molecule has 0 fully saturated rings. The maximum Gasteiger partial charge on any atom is 0.340 e. The van der Waals surface area contributed by atoms with Crippen molar-refractivity contribution >= 4 is 23.3 Å². The molecule has 0 aromatic heterocycles. The predicted molar refractivity (Wildman–Crippen MR) is 92.0 cm³/mol. The molecule has 0 spiro atoms. The normalized spacial score (nSPS) is 12.8. The van der Waals surface area contributed by atoms with Crippen LogP contribution < -0.4 is 5.32 Å². The molecular weight excluding hydrogens is 322 g/mol. The van der Waals surface area contributed by atoms with Crippen LogP contribution in [0, 0.1) is 0 Å². The first kappa shape index (κ1) is 18.4. The standard InChI is InChI=1S/C19H19NO5/c1-12(21)15-9-6-10-16(11-15)20-18(23)13(2)25-19(24)17(22)14-7-4-3-5-8-14/h3-11,13,17,22H,1-2H3,(H,20,23)/t13-,17-/m1/s1. The molecule has 0 saturated carbocycles. The molecule has 6 nitrogen and oxygen atoms in total. The number of hydrogen-bond acceptors (Lipinski definition) is 5. The number of benzene rings is 2. The molecule has 0 unspecified atom stereocenters. The summed E-state index contributed by atoms with van der Waals surface area (Å²) >= 11 is 0. The largest absolute Gasteiger partial charge is 0.450 e. The number of nitrogens with one attached hydrogen (secondary N) is 1. The van der Waals surface area contributed by atoms with Crippen molar-refractivity contribution in [2.24, 2.45) is 0 Å². The number of ether oxygens (including phenoxy) is 1. The number of anilines is 1. The Morgan fingerprint density at radius 1 is 1.04 bits per heavy atom. The van der Waals surface area contributed by atoms with Crippen molar-refractivity contribution in [2.75, 3.05) is 5.32 Å². The summed E-state index contributed by atoms with van der Waals surface area (Å²) in [6.45, 7) is 2.83. The predicted octanol–water partition coefficient (Wildman–Crippen LogP) is 2.49. The smallest absolute Gasteiger partial charge is 0.340 e. The fourth-order valence-corrected chi connectivity index (χ4v) is 2.12. The first-order valence-electron chi connectivity index (χ1n) is 7.74. The van der Waals surface area contributed by atoms with Crippen molar-refractivity contribution in [3.05, 3.63) is 65.7 Å². The Morgan fingerprint density at radius 3 is 2.36 bits per heavy atom. The number of esters is 1. The van der Waals surface area contributed by atoms with Gasteiger partial charge in [0.1, 0.15) is 0 Å². The van der Waals surface area contributed by atoms with Gasteiger partial charge in [-0.2, -0.15) is 0 Å². The minimum atomic E-state index is -1.46. The molecule has 6 heteroatoms. The highest BCUT2D eigenvalue weighted by atomic mass is 16.6. The van der Waals surface area contributed by atoms with Crippen LogP contribution in [0.1, 0.15) is 35.9 Å². The molecule has 2 rings (SSSR count). The quantitative estimate of drug-likeness (QED) is 0.622. The fraction of sp³-hybridized carbons (Fsp3) is 0.211. The lowest BCUT2D eigenvalue weighted by Gasteiger charge is -2.16. The van der Waals surface area contributed by atoms with E-state index in [2.05, 4.69) is 5.32 Å². The van der Waals surface area contributed by atoms with Gasteiger partial charge in [-0.3, -0.25) is 9.59 Å². The van der Waals surface area contributed by atoms with Gasteiger partial charge in [-0.1, -0.05) is 42.5 Å². The SMILES string of the molecule is CC(=O)c1cccc(NC(=O)[C@@H](C)OC(=O)[C@H](O)c2ccccc2)c1. The van der Waals surface area contributed by atoms with E-state index in [0.29, 0.717) is 16.8 Å². The molecule has 0 aliphatic carbocycles. The number of Topliss-reactive ketones (excluding diaryl/α,β-unsaturated/α-hetero) is 1. The number of carbonyl (C=O) groups excluding carboxylic acids is 3. The van der Waals surface area contributed by atoms with E-state index in [1.54, 1.807) is 48.5 Å². The molecule has 0 radical (unpaired) electrons. The number of carbonyl (C=O) groups is 3. The number of hydrogen-bond donors (Lipinski definition) is 2. The van der Waals surface area contributed by atoms with E-state index >= 15 is 0 Å². The second-order valence-corrected chi connectivity index (χ2v) is 5.52. The fourth-order valence-electron chi connectivity index (χ4n) is 2.12. The Bertz CT molecular complexity index is 772. The topological polar surface area (TPSA) is 92.7 Å². The van der Waals surface area contributed by atoms with Crippen LogP contribution in [0.2, 0.25) is 0 Å².